The smallest absolute Gasteiger partial charge is 0.297 e. The van der Waals surface area contributed by atoms with Crippen molar-refractivity contribution in [1.82, 2.24) is 0 Å². The summed E-state index contributed by atoms with van der Waals surface area (Å²) in [6.45, 7) is 4.42. The van der Waals surface area contributed by atoms with Crippen molar-refractivity contribution in [2.45, 2.75) is 6.04 Å². The van der Waals surface area contributed by atoms with E-state index in [1.165, 1.54) is 0 Å². The Morgan fingerprint density at radius 1 is 1.14 bits per heavy atom. The molecule has 0 amide bonds. The molecule has 21 heavy (non-hydrogen) atoms. The molecular weight excluding hydrogens is 284 g/mol. The topological polar surface area (TPSA) is 24.8 Å². The molecule has 0 aromatic heterocycles. The Hall–Kier alpha value is -2.26. The highest BCUT2D eigenvalue weighted by Crippen LogP contribution is 2.26. The zero-order valence-corrected chi connectivity index (χ0v) is 12.2. The molecule has 0 radical (unpaired) electrons. The zero-order chi connectivity index (χ0) is 14.7. The summed E-state index contributed by atoms with van der Waals surface area (Å²) in [7, 11) is 0. The predicted molar refractivity (Wildman–Crippen MR) is 87.4 cm³/mol. The van der Waals surface area contributed by atoms with Gasteiger partial charge in [-0.15, -0.1) is 6.58 Å². The van der Waals surface area contributed by atoms with Crippen molar-refractivity contribution in [2.75, 3.05) is 11.5 Å². The van der Waals surface area contributed by atoms with Crippen molar-refractivity contribution in [3.8, 4) is 0 Å². The molecule has 3 nitrogen and oxygen atoms in total. The summed E-state index contributed by atoms with van der Waals surface area (Å²) in [6, 6.07) is 18.0. The second-order valence-electron chi connectivity index (χ2n) is 4.69. The Morgan fingerprint density at radius 3 is 2.52 bits per heavy atom. The third-order valence-electron chi connectivity index (χ3n) is 3.28. The third kappa shape index (κ3) is 2.93. The molecule has 3 rings (SSSR count). The normalized spacial score (nSPS) is 19.6. The van der Waals surface area contributed by atoms with E-state index in [2.05, 4.69) is 11.6 Å². The van der Waals surface area contributed by atoms with Crippen LogP contribution in [0.2, 0.25) is 5.02 Å². The fraction of sp³-hybridized carbons (Fsp3) is 0.118. The number of amidine groups is 1. The van der Waals surface area contributed by atoms with E-state index in [0.29, 0.717) is 17.7 Å². The number of para-hydroxylation sites is 1. The second kappa shape index (κ2) is 6.02. The van der Waals surface area contributed by atoms with E-state index in [0.717, 1.165) is 11.4 Å². The lowest BCUT2D eigenvalue weighted by molar-refractivity contribution is 0.339. The summed E-state index contributed by atoms with van der Waals surface area (Å²) in [4.78, 5) is 6.61. The Kier molecular flexibility index (Phi) is 3.93. The van der Waals surface area contributed by atoms with Crippen LogP contribution in [0.3, 0.4) is 0 Å². The highest BCUT2D eigenvalue weighted by Gasteiger charge is 2.30. The first-order valence-corrected chi connectivity index (χ1v) is 7.09. The van der Waals surface area contributed by atoms with E-state index in [1.807, 2.05) is 65.6 Å². The Labute approximate surface area is 129 Å². The van der Waals surface area contributed by atoms with Gasteiger partial charge in [0, 0.05) is 10.7 Å². The van der Waals surface area contributed by atoms with Crippen LogP contribution >= 0.6 is 11.6 Å². The molecule has 0 saturated carbocycles. The van der Waals surface area contributed by atoms with E-state index in [-0.39, 0.29) is 6.04 Å². The quantitative estimate of drug-likeness (QED) is 0.784. The third-order valence-corrected chi connectivity index (χ3v) is 3.53. The number of hydrogen-bond acceptors (Lipinski definition) is 2. The van der Waals surface area contributed by atoms with Crippen LogP contribution in [-0.4, -0.2) is 18.7 Å². The van der Waals surface area contributed by atoms with Gasteiger partial charge < -0.3 is 4.74 Å². The number of benzene rings is 2. The molecule has 2 aromatic carbocycles. The largest absolute Gasteiger partial charge is 0.462 e. The van der Waals surface area contributed by atoms with Crippen molar-refractivity contribution < 1.29 is 4.74 Å². The van der Waals surface area contributed by atoms with Crippen LogP contribution in [0.15, 0.2) is 72.2 Å². The molecule has 4 heteroatoms. The maximum atomic E-state index is 5.90. The molecule has 1 saturated heterocycles. The summed E-state index contributed by atoms with van der Waals surface area (Å²) >= 11 is 5.90. The van der Waals surface area contributed by atoms with Gasteiger partial charge >= 0.3 is 0 Å². The minimum atomic E-state index is 0.0819. The van der Waals surface area contributed by atoms with E-state index in [4.69, 9.17) is 16.3 Å². The lowest BCUT2D eigenvalue weighted by Gasteiger charge is -2.21. The number of aliphatic imine (C=N–C) groups is 1. The number of hydrogen-bond donors (Lipinski definition) is 0. The first kappa shape index (κ1) is 13.7. The van der Waals surface area contributed by atoms with Gasteiger partial charge in [0.05, 0.1) is 11.7 Å². The van der Waals surface area contributed by atoms with Gasteiger partial charge in [0.25, 0.3) is 6.02 Å². The summed E-state index contributed by atoms with van der Waals surface area (Å²) in [5, 5.41) is 0.690. The maximum absolute atomic E-state index is 5.90. The minimum absolute atomic E-state index is 0.0819. The molecule has 0 spiro atoms. The fourth-order valence-electron chi connectivity index (χ4n) is 2.22. The number of nitrogens with zero attached hydrogens (tertiary/aromatic N) is 2. The van der Waals surface area contributed by atoms with Crippen molar-refractivity contribution in [2.24, 2.45) is 4.99 Å². The number of anilines is 1. The van der Waals surface area contributed by atoms with Gasteiger partial charge in [-0.1, -0.05) is 35.9 Å². The van der Waals surface area contributed by atoms with Crippen molar-refractivity contribution >= 4 is 29.0 Å². The fourth-order valence-corrected chi connectivity index (χ4v) is 2.35. The van der Waals surface area contributed by atoms with Crippen LogP contribution in [0.5, 0.6) is 0 Å². The minimum Gasteiger partial charge on any atom is -0.462 e. The van der Waals surface area contributed by atoms with Gasteiger partial charge in [-0.2, -0.15) is 4.99 Å². The Balaban J connectivity index is 1.97. The maximum Gasteiger partial charge on any atom is 0.297 e. The number of rotatable bonds is 3. The Morgan fingerprint density at radius 2 is 1.86 bits per heavy atom. The molecule has 0 aliphatic carbocycles. The highest BCUT2D eigenvalue weighted by molar-refractivity contribution is 6.30. The van der Waals surface area contributed by atoms with Crippen LogP contribution in [0.4, 0.5) is 11.4 Å². The molecule has 1 heterocycles. The van der Waals surface area contributed by atoms with Crippen molar-refractivity contribution in [3.05, 3.63) is 72.3 Å². The van der Waals surface area contributed by atoms with Gasteiger partial charge in [-0.25, -0.2) is 0 Å². The summed E-state index contributed by atoms with van der Waals surface area (Å²) in [5.41, 5.74) is 1.84. The van der Waals surface area contributed by atoms with Crippen LogP contribution in [0.1, 0.15) is 0 Å². The second-order valence-corrected chi connectivity index (χ2v) is 5.13. The summed E-state index contributed by atoms with van der Waals surface area (Å²) in [5.74, 6) is 0. The average molecular weight is 299 g/mol. The predicted octanol–water partition coefficient (Wildman–Crippen LogP) is 4.42. The molecule has 2 aromatic rings. The monoisotopic (exact) mass is 298 g/mol. The van der Waals surface area contributed by atoms with Gasteiger partial charge in [-0.05, 0) is 36.4 Å². The standard InChI is InChI=1S/C17H15ClN2O/c1-2-15-12-21-17(19-14-10-8-13(18)9-11-14)20(15)16-6-4-3-5-7-16/h2-11,15H,1,12H2. The van der Waals surface area contributed by atoms with Gasteiger partial charge in [-0.3, -0.25) is 4.90 Å². The molecule has 0 bridgehead atoms. The summed E-state index contributed by atoms with van der Waals surface area (Å²) < 4.78 is 5.73. The van der Waals surface area contributed by atoms with Crippen LogP contribution in [-0.2, 0) is 4.74 Å². The average Bonchev–Trinajstić information content (AvgIpc) is 2.93. The van der Waals surface area contributed by atoms with Crippen LogP contribution in [0.25, 0.3) is 0 Å². The zero-order valence-electron chi connectivity index (χ0n) is 11.4. The lowest BCUT2D eigenvalue weighted by Crippen LogP contribution is -2.32. The van der Waals surface area contributed by atoms with Crippen LogP contribution in [0, 0.1) is 0 Å². The van der Waals surface area contributed by atoms with Gasteiger partial charge in [0.1, 0.15) is 6.61 Å². The number of halogens is 1. The molecule has 1 fully saturated rings. The molecule has 1 aliphatic heterocycles. The first-order chi connectivity index (χ1) is 10.3. The molecule has 0 N–H and O–H groups in total. The van der Waals surface area contributed by atoms with Crippen molar-refractivity contribution in [1.29, 1.82) is 0 Å². The lowest BCUT2D eigenvalue weighted by atomic mass is 10.2. The summed E-state index contributed by atoms with van der Waals surface area (Å²) in [6.07, 6.45) is 1.87. The van der Waals surface area contributed by atoms with E-state index in [1.54, 1.807) is 0 Å². The number of ether oxygens (including phenoxy) is 1. The van der Waals surface area contributed by atoms with Crippen molar-refractivity contribution in [3.63, 3.8) is 0 Å². The van der Waals surface area contributed by atoms with Crippen LogP contribution < -0.4 is 4.90 Å². The van der Waals surface area contributed by atoms with Gasteiger partial charge in [0.2, 0.25) is 0 Å². The highest BCUT2D eigenvalue weighted by atomic mass is 35.5. The molecule has 1 aliphatic rings. The molecule has 106 valence electrons. The molecule has 1 atom stereocenters. The van der Waals surface area contributed by atoms with E-state index in [9.17, 15) is 0 Å². The Bertz CT molecular complexity index is 652. The molecule has 1 unspecified atom stereocenters. The van der Waals surface area contributed by atoms with E-state index < -0.39 is 0 Å². The van der Waals surface area contributed by atoms with Gasteiger partial charge in [0.15, 0.2) is 0 Å². The molecular formula is C17H15ClN2O. The van der Waals surface area contributed by atoms with E-state index >= 15 is 0 Å². The first-order valence-electron chi connectivity index (χ1n) is 6.72. The SMILES string of the molecule is C=CC1COC(=Nc2ccc(Cl)cc2)N1c1ccccc1.